The Bertz CT molecular complexity index is 1150. The molecule has 0 N–H and O–H groups in total. The van der Waals surface area contributed by atoms with Gasteiger partial charge in [0.05, 0.1) is 7.11 Å². The number of hydrogen-bond donors (Lipinski definition) is 0. The maximum atomic E-state index is 13.8. The highest BCUT2D eigenvalue weighted by molar-refractivity contribution is 5.81. The molecule has 1 aromatic rings. The molecule has 1 aliphatic heterocycles. The van der Waals surface area contributed by atoms with Crippen LogP contribution >= 0.6 is 0 Å². The van der Waals surface area contributed by atoms with Gasteiger partial charge in [0.2, 0.25) is 0 Å². The average Bonchev–Trinajstić information content (AvgIpc) is 3.00. The molecule has 5 heteroatoms. The Hall–Kier alpha value is -3.60. The van der Waals surface area contributed by atoms with Crippen LogP contribution in [0.3, 0.4) is 0 Å². The summed E-state index contributed by atoms with van der Waals surface area (Å²) in [5, 5.41) is 5.60. The van der Waals surface area contributed by atoms with Crippen LogP contribution < -0.4 is 0 Å². The first-order chi connectivity index (χ1) is 19.9. The van der Waals surface area contributed by atoms with E-state index in [1.165, 1.54) is 10.6 Å². The van der Waals surface area contributed by atoms with Crippen LogP contribution in [0, 0.1) is 5.92 Å². The van der Waals surface area contributed by atoms with E-state index in [-0.39, 0.29) is 12.1 Å². The number of rotatable bonds is 14. The van der Waals surface area contributed by atoms with Gasteiger partial charge in [0.15, 0.2) is 0 Å². The molecular weight excluding hydrogens is 506 g/mol. The highest BCUT2D eigenvalue weighted by atomic mass is 16.5. The average molecular weight is 558 g/mol. The molecule has 0 bridgehead atoms. The van der Waals surface area contributed by atoms with Crippen molar-refractivity contribution in [3.05, 3.63) is 96.0 Å². The van der Waals surface area contributed by atoms with E-state index in [2.05, 4.69) is 94.7 Å². The molecule has 0 radical (unpaired) electrons. The predicted octanol–water partition coefficient (Wildman–Crippen LogP) is 9.78. The first-order valence-corrected chi connectivity index (χ1v) is 15.1. The molecule has 222 valence electrons. The molecule has 1 fully saturated rings. The second kappa shape index (κ2) is 18.0. The van der Waals surface area contributed by atoms with Crippen molar-refractivity contribution in [2.45, 2.75) is 85.6 Å². The third-order valence-electron chi connectivity index (χ3n) is 7.66. The van der Waals surface area contributed by atoms with Crippen LogP contribution in [-0.4, -0.2) is 42.4 Å². The van der Waals surface area contributed by atoms with Gasteiger partial charge in [0, 0.05) is 31.1 Å². The van der Waals surface area contributed by atoms with Crippen LogP contribution in [0.2, 0.25) is 0 Å². The number of urea groups is 1. The number of hydrogen-bond acceptors (Lipinski definition) is 3. The molecule has 1 saturated heterocycles. The molecule has 2 unspecified atom stereocenters. The van der Waals surface area contributed by atoms with Crippen LogP contribution in [-0.2, 0) is 4.74 Å². The Morgan fingerprint density at radius 3 is 2.46 bits per heavy atom. The van der Waals surface area contributed by atoms with E-state index in [1.54, 1.807) is 13.2 Å². The zero-order chi connectivity index (χ0) is 30.2. The van der Waals surface area contributed by atoms with E-state index in [0.717, 1.165) is 79.5 Å². The third kappa shape index (κ3) is 9.77. The maximum absolute atomic E-state index is 13.8. The minimum absolute atomic E-state index is 0.109. The molecule has 1 heterocycles. The van der Waals surface area contributed by atoms with Crippen LogP contribution in [0.15, 0.2) is 89.9 Å². The maximum Gasteiger partial charge on any atom is 0.344 e. The summed E-state index contributed by atoms with van der Waals surface area (Å²) in [5.74, 6) is 1.24. The van der Waals surface area contributed by atoms with Gasteiger partial charge in [-0.3, -0.25) is 0 Å². The number of ether oxygens (including phenoxy) is 1. The van der Waals surface area contributed by atoms with Crippen LogP contribution in [0.4, 0.5) is 4.79 Å². The number of amides is 2. The summed E-state index contributed by atoms with van der Waals surface area (Å²) in [5.41, 5.74) is 5.40. The monoisotopic (exact) mass is 557 g/mol. The Labute approximate surface area is 249 Å². The molecular formula is C36H51N3O2. The number of likely N-dealkylation sites (tertiary alicyclic amines) is 1. The molecule has 2 atom stereocenters. The molecule has 2 rings (SSSR count). The lowest BCUT2D eigenvalue weighted by Crippen LogP contribution is -2.47. The summed E-state index contributed by atoms with van der Waals surface area (Å²) in [6.07, 6.45) is 20.9. The van der Waals surface area contributed by atoms with Gasteiger partial charge in [-0.15, -0.1) is 0 Å². The molecule has 0 spiro atoms. The minimum atomic E-state index is -0.109. The van der Waals surface area contributed by atoms with Crippen molar-refractivity contribution in [1.82, 2.24) is 9.91 Å². The fourth-order valence-electron chi connectivity index (χ4n) is 5.17. The Kier molecular flexibility index (Phi) is 14.7. The first-order valence-electron chi connectivity index (χ1n) is 15.1. The number of carbonyl (C=O) groups excluding carboxylic acids is 1. The molecule has 1 aliphatic rings. The normalized spacial score (nSPS) is 17.9. The number of nitrogens with zero attached hydrogens (tertiary/aromatic N) is 3. The predicted molar refractivity (Wildman–Crippen MR) is 176 cm³/mol. The molecule has 0 aromatic heterocycles. The van der Waals surface area contributed by atoms with E-state index in [1.807, 2.05) is 24.1 Å². The van der Waals surface area contributed by atoms with E-state index >= 15 is 0 Å². The second-order valence-electron chi connectivity index (χ2n) is 10.6. The van der Waals surface area contributed by atoms with Crippen LogP contribution in [0.5, 0.6) is 0 Å². The van der Waals surface area contributed by atoms with Gasteiger partial charge >= 0.3 is 6.03 Å². The highest BCUT2D eigenvalue weighted by Gasteiger charge is 2.30. The molecule has 0 aliphatic carbocycles. The lowest BCUT2D eigenvalue weighted by atomic mass is 9.95. The summed E-state index contributed by atoms with van der Waals surface area (Å²) in [6, 6.07) is 8.46. The fourth-order valence-corrected chi connectivity index (χ4v) is 5.17. The van der Waals surface area contributed by atoms with Crippen molar-refractivity contribution >= 4 is 23.9 Å². The smallest absolute Gasteiger partial charge is 0.344 e. The number of hydrazone groups is 1. The quantitative estimate of drug-likeness (QED) is 0.0989. The zero-order valence-corrected chi connectivity index (χ0v) is 26.2. The van der Waals surface area contributed by atoms with E-state index in [9.17, 15) is 4.79 Å². The van der Waals surface area contributed by atoms with Crippen LogP contribution in [0.25, 0.3) is 11.1 Å². The molecule has 2 amide bonds. The number of benzene rings is 1. The number of carbonyl (C=O) groups is 1. The van der Waals surface area contributed by atoms with Gasteiger partial charge in [0.1, 0.15) is 5.76 Å². The highest BCUT2D eigenvalue weighted by Crippen LogP contribution is 2.30. The van der Waals surface area contributed by atoms with Gasteiger partial charge in [-0.2, -0.15) is 10.1 Å². The number of allylic oxidation sites excluding steroid dienone is 8. The summed E-state index contributed by atoms with van der Waals surface area (Å²) in [7, 11) is 1.71. The van der Waals surface area contributed by atoms with Crippen molar-refractivity contribution in [2.24, 2.45) is 11.0 Å². The molecule has 41 heavy (non-hydrogen) atoms. The summed E-state index contributed by atoms with van der Waals surface area (Å²) < 4.78 is 5.77. The zero-order valence-electron chi connectivity index (χ0n) is 26.2. The standard InChI is InChI=1S/C36H51N3O2/c1-9-16-29(13-5)26-33-19-14-15-24-38(33)36(40)39(37-7)27-32(17-10-2)30-20-22-31(23-21-30)34(18-11-3)35(41-8)25-28(6)12-4/h9,11,13,16,18,20-23,25,27-28,33H,3,7,10,12,14-15,17,19,24,26H2,1-2,4-6,8H3/b16-9-,29-13+,32-27+,34-18-,35-25+. The lowest BCUT2D eigenvalue weighted by molar-refractivity contribution is 0.129. The Balaban J connectivity index is 2.39. The van der Waals surface area contributed by atoms with Crippen molar-refractivity contribution in [3.63, 3.8) is 0 Å². The minimum Gasteiger partial charge on any atom is -0.496 e. The molecule has 1 aromatic carbocycles. The summed E-state index contributed by atoms with van der Waals surface area (Å²) in [6.45, 7) is 19.0. The lowest BCUT2D eigenvalue weighted by Gasteiger charge is -2.37. The van der Waals surface area contributed by atoms with Gasteiger partial charge in [-0.1, -0.05) is 94.0 Å². The van der Waals surface area contributed by atoms with E-state index in [4.69, 9.17) is 4.74 Å². The molecule has 0 saturated carbocycles. The van der Waals surface area contributed by atoms with Gasteiger partial charge in [-0.25, -0.2) is 4.79 Å². The molecule has 5 nitrogen and oxygen atoms in total. The van der Waals surface area contributed by atoms with Crippen molar-refractivity contribution < 1.29 is 9.53 Å². The Morgan fingerprint density at radius 1 is 1.20 bits per heavy atom. The topological polar surface area (TPSA) is 45.1 Å². The van der Waals surface area contributed by atoms with E-state index in [0.29, 0.717) is 5.92 Å². The first kappa shape index (κ1) is 33.6. The van der Waals surface area contributed by atoms with Crippen molar-refractivity contribution in [3.8, 4) is 0 Å². The summed E-state index contributed by atoms with van der Waals surface area (Å²) in [4.78, 5) is 15.8. The van der Waals surface area contributed by atoms with Gasteiger partial charge < -0.3 is 9.64 Å². The van der Waals surface area contributed by atoms with Gasteiger partial charge in [-0.05, 0) is 81.1 Å². The van der Waals surface area contributed by atoms with Crippen molar-refractivity contribution in [1.29, 1.82) is 0 Å². The number of methoxy groups -OCH3 is 1. The van der Waals surface area contributed by atoms with E-state index < -0.39 is 0 Å². The van der Waals surface area contributed by atoms with Crippen LogP contribution in [0.1, 0.15) is 90.7 Å². The van der Waals surface area contributed by atoms with Gasteiger partial charge in [0.25, 0.3) is 0 Å². The largest absolute Gasteiger partial charge is 0.496 e. The number of piperidine rings is 1. The second-order valence-corrected chi connectivity index (χ2v) is 10.6. The van der Waals surface area contributed by atoms with Crippen molar-refractivity contribution in [2.75, 3.05) is 13.7 Å². The fraction of sp³-hybridized carbons (Fsp3) is 0.444. The SMILES string of the molecule is C=C/C=C(\C(=C/C(C)CC)OC)c1ccc(/C(=C/N(N=C)C(=O)N2CCCCC2CC(/C=C\C)=C/C)CCC)cc1. The summed E-state index contributed by atoms with van der Waals surface area (Å²) >= 11 is 0. The Morgan fingerprint density at radius 2 is 1.90 bits per heavy atom. The third-order valence-corrected chi connectivity index (χ3v) is 7.66.